The maximum absolute atomic E-state index is 11.9. The average Bonchev–Trinajstić information content (AvgIpc) is 2.89. The first-order valence-corrected chi connectivity index (χ1v) is 7.16. The normalized spacial score (nSPS) is 45.2. The van der Waals surface area contributed by atoms with Gasteiger partial charge < -0.3 is 14.2 Å². The van der Waals surface area contributed by atoms with Gasteiger partial charge in [0, 0.05) is 6.92 Å². The van der Waals surface area contributed by atoms with Crippen molar-refractivity contribution in [3.8, 4) is 0 Å². The highest BCUT2D eigenvalue weighted by Crippen LogP contribution is 2.51. The quantitative estimate of drug-likeness (QED) is 0.451. The second-order valence-corrected chi connectivity index (χ2v) is 6.43. The molecule has 106 valence electrons. The first kappa shape index (κ1) is 12.8. The number of hydrogen-bond donors (Lipinski definition) is 0. The van der Waals surface area contributed by atoms with E-state index >= 15 is 0 Å². The zero-order valence-electron chi connectivity index (χ0n) is 10.1. The molecule has 3 fully saturated rings. The molecule has 3 rings (SSSR count). The van der Waals surface area contributed by atoms with Crippen molar-refractivity contribution in [2.45, 2.75) is 36.6 Å². The fourth-order valence-electron chi connectivity index (χ4n) is 3.06. The molecule has 2 bridgehead atoms. The van der Waals surface area contributed by atoms with Crippen molar-refractivity contribution in [1.82, 2.24) is 0 Å². The van der Waals surface area contributed by atoms with Gasteiger partial charge in [-0.1, -0.05) is 0 Å². The molecule has 19 heavy (non-hydrogen) atoms. The van der Waals surface area contributed by atoms with Crippen LogP contribution in [0.1, 0.15) is 6.92 Å². The Labute approximate surface area is 109 Å². The molecule has 0 amide bonds. The Hall–Kier alpha value is -1.19. The number of rotatable bonds is 2. The van der Waals surface area contributed by atoms with Crippen molar-refractivity contribution >= 4 is 22.1 Å². The van der Waals surface area contributed by atoms with Gasteiger partial charge in [-0.15, -0.1) is 0 Å². The molecule has 9 heteroatoms. The van der Waals surface area contributed by atoms with Gasteiger partial charge in [-0.25, -0.2) is 0 Å². The van der Waals surface area contributed by atoms with Crippen molar-refractivity contribution < 1.29 is 36.4 Å². The molecule has 0 aromatic carbocycles. The van der Waals surface area contributed by atoms with E-state index in [0.717, 1.165) is 7.11 Å². The lowest BCUT2D eigenvalue weighted by atomic mass is 9.85. The third-order valence-electron chi connectivity index (χ3n) is 3.67. The molecule has 3 aliphatic heterocycles. The van der Waals surface area contributed by atoms with Gasteiger partial charge in [0.1, 0.15) is 29.5 Å². The average molecular weight is 292 g/mol. The van der Waals surface area contributed by atoms with Crippen molar-refractivity contribution in [1.29, 1.82) is 0 Å². The molecule has 0 N–H and O–H groups in total. The predicted molar refractivity (Wildman–Crippen MR) is 57.3 cm³/mol. The lowest BCUT2D eigenvalue weighted by molar-refractivity contribution is -0.159. The summed E-state index contributed by atoms with van der Waals surface area (Å²) >= 11 is 0. The van der Waals surface area contributed by atoms with Crippen LogP contribution >= 0.6 is 0 Å². The largest absolute Gasteiger partial charge is 0.469 e. The van der Waals surface area contributed by atoms with Crippen LogP contribution in [0.4, 0.5) is 0 Å². The zero-order valence-corrected chi connectivity index (χ0v) is 11.0. The smallest absolute Gasteiger partial charge is 0.312 e. The summed E-state index contributed by atoms with van der Waals surface area (Å²) in [6.45, 7) is 1.19. The predicted octanol–water partition coefficient (Wildman–Crippen LogP) is -1.41. The van der Waals surface area contributed by atoms with Gasteiger partial charge in [0.2, 0.25) is 0 Å². The first-order valence-electron chi connectivity index (χ1n) is 5.69. The van der Waals surface area contributed by atoms with E-state index in [0.29, 0.717) is 0 Å². The van der Waals surface area contributed by atoms with Crippen LogP contribution in [-0.4, -0.2) is 57.1 Å². The van der Waals surface area contributed by atoms with E-state index in [1.165, 1.54) is 6.92 Å². The van der Waals surface area contributed by atoms with Crippen LogP contribution in [0.3, 0.4) is 0 Å². The fourth-order valence-corrected chi connectivity index (χ4v) is 4.89. The highest BCUT2D eigenvalue weighted by Gasteiger charge is 2.73. The van der Waals surface area contributed by atoms with E-state index in [-0.39, 0.29) is 0 Å². The second kappa shape index (κ2) is 3.90. The Bertz CT molecular complexity index is 540. The number of ether oxygens (including phenoxy) is 3. The Morgan fingerprint density at radius 1 is 1.16 bits per heavy atom. The monoisotopic (exact) mass is 292 g/mol. The van der Waals surface area contributed by atoms with Gasteiger partial charge in [-0.05, 0) is 0 Å². The molecule has 8 nitrogen and oxygen atoms in total. The van der Waals surface area contributed by atoms with Crippen LogP contribution in [0, 0.1) is 5.92 Å². The molecule has 3 saturated heterocycles. The minimum Gasteiger partial charge on any atom is -0.469 e. The van der Waals surface area contributed by atoms with E-state index in [4.69, 9.17) is 13.7 Å². The molecule has 0 spiro atoms. The molecule has 0 radical (unpaired) electrons. The van der Waals surface area contributed by atoms with Gasteiger partial charge >= 0.3 is 11.9 Å². The summed E-state index contributed by atoms with van der Waals surface area (Å²) < 4.78 is 43.8. The second-order valence-electron chi connectivity index (χ2n) is 4.71. The molecule has 0 aliphatic carbocycles. The van der Waals surface area contributed by atoms with E-state index < -0.39 is 57.6 Å². The molecule has 3 heterocycles. The van der Waals surface area contributed by atoms with Crippen LogP contribution in [0.15, 0.2) is 0 Å². The number of esters is 2. The van der Waals surface area contributed by atoms with Crippen molar-refractivity contribution in [2.75, 3.05) is 7.11 Å². The molecule has 0 saturated carbocycles. The summed E-state index contributed by atoms with van der Waals surface area (Å²) in [6, 6.07) is 0. The van der Waals surface area contributed by atoms with Gasteiger partial charge in [0.15, 0.2) is 6.10 Å². The zero-order chi connectivity index (χ0) is 13.9. The summed E-state index contributed by atoms with van der Waals surface area (Å²) in [5.74, 6) is -2.32. The summed E-state index contributed by atoms with van der Waals surface area (Å²) in [6.07, 6.45) is -3.40. The minimum absolute atomic E-state index is 0.589. The number of hydrogen-bond acceptors (Lipinski definition) is 8. The van der Waals surface area contributed by atoms with Crippen molar-refractivity contribution in [2.24, 2.45) is 5.92 Å². The minimum atomic E-state index is -3.92. The van der Waals surface area contributed by atoms with Gasteiger partial charge in [0.25, 0.3) is 10.1 Å². The topological polar surface area (TPSA) is 105 Å². The standard InChI is InChI=1S/C10H12O8S/c1-3(11)16-6-5-4(10(12)15-2)9-8(17-5)7(6)18-19(9,13)14/h4-9H,1-2H3. The Balaban J connectivity index is 2.00. The lowest BCUT2D eigenvalue weighted by Crippen LogP contribution is -2.49. The number of methoxy groups -OCH3 is 1. The maximum Gasteiger partial charge on any atom is 0.312 e. The summed E-state index contributed by atoms with van der Waals surface area (Å²) in [5, 5.41) is -1.08. The van der Waals surface area contributed by atoms with E-state index in [2.05, 4.69) is 4.74 Å². The lowest BCUT2D eigenvalue weighted by Gasteiger charge is -2.26. The van der Waals surface area contributed by atoms with E-state index in [1.54, 1.807) is 0 Å². The molecule has 6 unspecified atom stereocenters. The number of carbonyl (C=O) groups is 2. The van der Waals surface area contributed by atoms with Crippen LogP contribution < -0.4 is 0 Å². The summed E-state index contributed by atoms with van der Waals surface area (Å²) in [5.41, 5.74) is 0. The summed E-state index contributed by atoms with van der Waals surface area (Å²) in [4.78, 5) is 22.8. The van der Waals surface area contributed by atoms with Crippen molar-refractivity contribution in [3.05, 3.63) is 0 Å². The Morgan fingerprint density at radius 3 is 2.42 bits per heavy atom. The van der Waals surface area contributed by atoms with Gasteiger partial charge in [-0.3, -0.25) is 13.8 Å². The molecular weight excluding hydrogens is 280 g/mol. The third-order valence-corrected chi connectivity index (χ3v) is 5.39. The fraction of sp³-hybridized carbons (Fsp3) is 0.800. The molecule has 6 atom stereocenters. The van der Waals surface area contributed by atoms with Gasteiger partial charge in [-0.2, -0.15) is 8.42 Å². The highest BCUT2D eigenvalue weighted by molar-refractivity contribution is 7.87. The van der Waals surface area contributed by atoms with Crippen LogP contribution in [0.5, 0.6) is 0 Å². The Morgan fingerprint density at radius 2 is 1.84 bits per heavy atom. The first-order chi connectivity index (χ1) is 8.86. The SMILES string of the molecule is COC(=O)C1C2OC3C(OS(=O)(=O)C31)C2OC(C)=O. The van der Waals surface area contributed by atoms with Crippen molar-refractivity contribution in [3.63, 3.8) is 0 Å². The maximum atomic E-state index is 11.9. The van der Waals surface area contributed by atoms with Crippen LogP contribution in [0.2, 0.25) is 0 Å². The number of fused-ring (bicyclic) bond motifs is 1. The Kier molecular flexibility index (Phi) is 2.63. The molecule has 0 aromatic rings. The van der Waals surface area contributed by atoms with Crippen LogP contribution in [-0.2, 0) is 38.1 Å². The summed E-state index contributed by atoms with van der Waals surface area (Å²) in [7, 11) is -2.76. The third kappa shape index (κ3) is 1.61. The highest BCUT2D eigenvalue weighted by atomic mass is 32.2. The molecule has 0 aromatic heterocycles. The molecule has 3 aliphatic rings. The van der Waals surface area contributed by atoms with Crippen LogP contribution in [0.25, 0.3) is 0 Å². The molecular formula is C10H12O8S. The van der Waals surface area contributed by atoms with Gasteiger partial charge in [0.05, 0.1) is 7.11 Å². The van der Waals surface area contributed by atoms with E-state index in [9.17, 15) is 18.0 Å². The number of carbonyl (C=O) groups excluding carboxylic acids is 2. The van der Waals surface area contributed by atoms with E-state index in [1.807, 2.05) is 0 Å².